The fraction of sp³-hybridized carbons (Fsp3) is 0.318. The Bertz CT molecular complexity index is 1120. The Balaban J connectivity index is 1.73. The molecule has 0 saturated carbocycles. The average molecular weight is 441 g/mol. The molecule has 0 aliphatic carbocycles. The Morgan fingerprint density at radius 2 is 2.27 bits per heavy atom. The van der Waals surface area contributed by atoms with Gasteiger partial charge >= 0.3 is 0 Å². The number of nitrogens with zero attached hydrogens (tertiary/aromatic N) is 4. The van der Waals surface area contributed by atoms with Crippen molar-refractivity contribution in [3.63, 3.8) is 0 Å². The summed E-state index contributed by atoms with van der Waals surface area (Å²) in [4.78, 5) is 20.8. The van der Waals surface area contributed by atoms with Crippen LogP contribution in [0, 0.1) is 6.92 Å². The fourth-order valence-corrected chi connectivity index (χ4v) is 4.80. The molecule has 0 spiro atoms. The van der Waals surface area contributed by atoms with Gasteiger partial charge in [-0.2, -0.15) is 0 Å². The molecule has 0 aromatic carbocycles. The van der Waals surface area contributed by atoms with Crippen molar-refractivity contribution in [2.24, 2.45) is 5.73 Å². The molecular formula is C22H25ClN6S. The molecule has 1 aliphatic rings. The number of halogens is 1. The molecule has 0 radical (unpaired) electrons. The summed E-state index contributed by atoms with van der Waals surface area (Å²) < 4.78 is 0. The van der Waals surface area contributed by atoms with Crippen LogP contribution in [0.5, 0.6) is 0 Å². The molecule has 0 amide bonds. The van der Waals surface area contributed by atoms with Crippen LogP contribution in [0.4, 0.5) is 5.82 Å². The van der Waals surface area contributed by atoms with Crippen LogP contribution in [0.1, 0.15) is 30.3 Å². The summed E-state index contributed by atoms with van der Waals surface area (Å²) in [5, 5.41) is 2.25. The molecule has 3 aromatic heterocycles. The van der Waals surface area contributed by atoms with Crippen LogP contribution in [-0.2, 0) is 6.42 Å². The molecule has 1 aliphatic heterocycles. The van der Waals surface area contributed by atoms with Gasteiger partial charge in [0.05, 0.1) is 16.1 Å². The van der Waals surface area contributed by atoms with Gasteiger partial charge in [0.2, 0.25) is 0 Å². The first kappa shape index (κ1) is 20.9. The van der Waals surface area contributed by atoms with E-state index >= 15 is 0 Å². The number of nitrogens with two attached hydrogens (primary N) is 1. The molecule has 6 nitrogen and oxygen atoms in total. The van der Waals surface area contributed by atoms with E-state index in [-0.39, 0.29) is 6.04 Å². The van der Waals surface area contributed by atoms with Gasteiger partial charge in [-0.15, -0.1) is 0 Å². The number of rotatable bonds is 6. The largest absolute Gasteiger partial charge is 0.354 e. The number of anilines is 1. The van der Waals surface area contributed by atoms with Gasteiger partial charge in [-0.3, -0.25) is 4.98 Å². The number of aromatic nitrogens is 4. The summed E-state index contributed by atoms with van der Waals surface area (Å²) in [7, 11) is 0. The van der Waals surface area contributed by atoms with Gasteiger partial charge in [0.15, 0.2) is 5.16 Å². The van der Waals surface area contributed by atoms with Crippen molar-refractivity contribution in [1.82, 2.24) is 19.9 Å². The van der Waals surface area contributed by atoms with Gasteiger partial charge in [-0.1, -0.05) is 37.3 Å². The minimum Gasteiger partial charge on any atom is -0.354 e. The first-order valence-electron chi connectivity index (χ1n) is 10.0. The zero-order valence-electron chi connectivity index (χ0n) is 17.2. The van der Waals surface area contributed by atoms with Gasteiger partial charge < -0.3 is 15.6 Å². The lowest BCUT2D eigenvalue weighted by Gasteiger charge is -2.18. The van der Waals surface area contributed by atoms with E-state index in [1.165, 1.54) is 11.8 Å². The highest BCUT2D eigenvalue weighted by atomic mass is 35.5. The normalized spacial score (nSPS) is 16.8. The summed E-state index contributed by atoms with van der Waals surface area (Å²) in [6, 6.07) is 2.25. The van der Waals surface area contributed by atoms with Crippen molar-refractivity contribution in [3.05, 3.63) is 53.0 Å². The van der Waals surface area contributed by atoms with Gasteiger partial charge in [-0.25, -0.2) is 9.97 Å². The van der Waals surface area contributed by atoms with E-state index in [0.29, 0.717) is 10.2 Å². The van der Waals surface area contributed by atoms with E-state index in [2.05, 4.69) is 34.4 Å². The molecule has 0 bridgehead atoms. The Hall–Kier alpha value is -2.35. The Morgan fingerprint density at radius 1 is 1.43 bits per heavy atom. The lowest BCUT2D eigenvalue weighted by Crippen LogP contribution is -2.27. The second kappa shape index (κ2) is 8.79. The molecule has 4 rings (SSSR count). The van der Waals surface area contributed by atoms with Gasteiger partial charge in [0, 0.05) is 35.9 Å². The van der Waals surface area contributed by atoms with Crippen LogP contribution in [-0.4, -0.2) is 39.1 Å². The lowest BCUT2D eigenvalue weighted by molar-refractivity contribution is 0.751. The summed E-state index contributed by atoms with van der Waals surface area (Å²) in [5.41, 5.74) is 9.90. The number of hydrogen-bond donors (Lipinski definition) is 2. The summed E-state index contributed by atoms with van der Waals surface area (Å²) in [6.07, 6.45) is 9.16. The first-order valence-corrected chi connectivity index (χ1v) is 11.2. The third-order valence-corrected chi connectivity index (χ3v) is 6.44. The topological polar surface area (TPSA) is 83.7 Å². The zero-order chi connectivity index (χ0) is 21.3. The molecular weight excluding hydrogens is 416 g/mol. The molecule has 3 N–H and O–H groups in total. The maximum atomic E-state index is 6.67. The van der Waals surface area contributed by atoms with Crippen molar-refractivity contribution in [2.75, 3.05) is 18.0 Å². The van der Waals surface area contributed by atoms with E-state index in [9.17, 15) is 0 Å². The maximum absolute atomic E-state index is 6.67. The second-order valence-corrected chi connectivity index (χ2v) is 8.81. The number of H-pyrrole nitrogens is 1. The molecule has 0 unspecified atom stereocenters. The minimum absolute atomic E-state index is 0.150. The van der Waals surface area contributed by atoms with Crippen LogP contribution >= 0.6 is 23.4 Å². The quantitative estimate of drug-likeness (QED) is 0.424. The van der Waals surface area contributed by atoms with Crippen molar-refractivity contribution in [1.29, 1.82) is 0 Å². The smallest absolute Gasteiger partial charge is 0.196 e. The number of fused-ring (bicyclic) bond motifs is 1. The number of aromatic amines is 1. The highest BCUT2D eigenvalue weighted by Crippen LogP contribution is 2.37. The van der Waals surface area contributed by atoms with Crippen LogP contribution < -0.4 is 10.6 Å². The Morgan fingerprint density at radius 3 is 2.93 bits per heavy atom. The molecule has 156 valence electrons. The molecule has 1 saturated heterocycles. The van der Waals surface area contributed by atoms with Crippen LogP contribution in [0.2, 0.25) is 5.02 Å². The summed E-state index contributed by atoms with van der Waals surface area (Å²) >= 11 is 8.17. The number of aryl methyl sites for hydroxylation is 2. The highest BCUT2D eigenvalue weighted by molar-refractivity contribution is 7.99. The molecule has 1 fully saturated rings. The van der Waals surface area contributed by atoms with Crippen molar-refractivity contribution < 1.29 is 0 Å². The van der Waals surface area contributed by atoms with Crippen LogP contribution in [0.25, 0.3) is 17.1 Å². The lowest BCUT2D eigenvalue weighted by atomic mass is 10.2. The molecule has 30 heavy (non-hydrogen) atoms. The predicted molar refractivity (Wildman–Crippen MR) is 125 cm³/mol. The van der Waals surface area contributed by atoms with E-state index < -0.39 is 0 Å². The second-order valence-electron chi connectivity index (χ2n) is 7.39. The third-order valence-electron chi connectivity index (χ3n) is 5.19. The van der Waals surface area contributed by atoms with Crippen LogP contribution in [0.3, 0.4) is 0 Å². The number of pyridine rings is 1. The molecule has 4 heterocycles. The number of allylic oxidation sites excluding steroid dienone is 2. The fourth-order valence-electron chi connectivity index (χ4n) is 3.62. The summed E-state index contributed by atoms with van der Waals surface area (Å²) in [6.45, 7) is 9.45. The molecule has 8 heteroatoms. The van der Waals surface area contributed by atoms with Gasteiger partial charge in [0.1, 0.15) is 11.5 Å². The predicted octanol–water partition coefficient (Wildman–Crippen LogP) is 4.76. The zero-order valence-corrected chi connectivity index (χ0v) is 18.7. The van der Waals surface area contributed by atoms with E-state index in [4.69, 9.17) is 27.3 Å². The van der Waals surface area contributed by atoms with Crippen molar-refractivity contribution >= 4 is 46.3 Å². The van der Waals surface area contributed by atoms with Crippen LogP contribution in [0.15, 0.2) is 41.0 Å². The molecule has 3 aromatic rings. The van der Waals surface area contributed by atoms with Gasteiger partial charge in [-0.05, 0) is 49.2 Å². The Labute approximate surface area is 185 Å². The van der Waals surface area contributed by atoms with E-state index in [1.807, 2.05) is 25.3 Å². The summed E-state index contributed by atoms with van der Waals surface area (Å²) in [5.74, 6) is 0.853. The number of hydrogen-bond acceptors (Lipinski definition) is 6. The third kappa shape index (κ3) is 4.10. The average Bonchev–Trinajstić information content (AvgIpc) is 3.30. The minimum atomic E-state index is 0.150. The highest BCUT2D eigenvalue weighted by Gasteiger charge is 2.26. The maximum Gasteiger partial charge on any atom is 0.196 e. The molecule has 1 atom stereocenters. The van der Waals surface area contributed by atoms with Crippen molar-refractivity contribution in [3.8, 4) is 0 Å². The van der Waals surface area contributed by atoms with E-state index in [1.54, 1.807) is 6.08 Å². The van der Waals surface area contributed by atoms with Crippen molar-refractivity contribution in [2.45, 2.75) is 42.8 Å². The first-order chi connectivity index (χ1) is 14.5. The number of nitrogens with one attached hydrogen (secondary N) is 1. The SMILES string of the molecule is C=C/C=C\c1ncc(Sc2nc(N3CC[C@@H](N)C3)c3c(Cl)c(CC)[nH]c3n2)cc1C. The van der Waals surface area contributed by atoms with E-state index in [0.717, 1.165) is 64.6 Å². The monoisotopic (exact) mass is 440 g/mol. The van der Waals surface area contributed by atoms with Gasteiger partial charge in [0.25, 0.3) is 0 Å². The standard InChI is InChI=1S/C22H25ClN6S/c1-4-6-7-17-13(3)10-15(11-25-17)30-22-27-20-18(19(23)16(5-2)26-20)21(28-22)29-9-8-14(24)12-29/h4,6-7,10-11,14H,1,5,8-9,12,24H2,2-3H3,(H,26,27,28)/b7-6-/t14-/m1/s1. The Kier molecular flexibility index (Phi) is 6.13.